The van der Waals surface area contributed by atoms with Crippen LogP contribution in [0.1, 0.15) is 17.5 Å². The van der Waals surface area contributed by atoms with Gasteiger partial charge in [0.15, 0.2) is 6.29 Å². The zero-order valence-corrected chi connectivity index (χ0v) is 9.86. The lowest BCUT2D eigenvalue weighted by Gasteiger charge is -2.11. The van der Waals surface area contributed by atoms with Gasteiger partial charge < -0.3 is 14.2 Å². The second-order valence-corrected chi connectivity index (χ2v) is 4.05. The molecule has 1 saturated heterocycles. The molecule has 1 aromatic rings. The topological polar surface area (TPSA) is 27.7 Å². The SMILES string of the molecule is Cc1ccc(OCCC2OCCO2)cc1C. The van der Waals surface area contributed by atoms with Gasteiger partial charge in [-0.2, -0.15) is 0 Å². The molecule has 3 nitrogen and oxygen atoms in total. The third-order valence-corrected chi connectivity index (χ3v) is 2.79. The fourth-order valence-corrected chi connectivity index (χ4v) is 1.65. The predicted octanol–water partition coefficient (Wildman–Crippen LogP) is 2.45. The van der Waals surface area contributed by atoms with Crippen molar-refractivity contribution in [1.82, 2.24) is 0 Å². The van der Waals surface area contributed by atoms with Crippen LogP contribution in [0.2, 0.25) is 0 Å². The van der Waals surface area contributed by atoms with Crippen molar-refractivity contribution in [3.05, 3.63) is 29.3 Å². The molecule has 1 aliphatic rings. The highest BCUT2D eigenvalue weighted by Crippen LogP contribution is 2.17. The summed E-state index contributed by atoms with van der Waals surface area (Å²) in [6.07, 6.45) is 0.707. The van der Waals surface area contributed by atoms with Gasteiger partial charge in [-0.25, -0.2) is 0 Å². The first kappa shape index (κ1) is 11.4. The van der Waals surface area contributed by atoms with E-state index in [-0.39, 0.29) is 6.29 Å². The van der Waals surface area contributed by atoms with Crippen LogP contribution >= 0.6 is 0 Å². The summed E-state index contributed by atoms with van der Waals surface area (Å²) in [6, 6.07) is 6.14. The van der Waals surface area contributed by atoms with E-state index in [1.54, 1.807) is 0 Å². The molecule has 1 aromatic carbocycles. The molecule has 0 saturated carbocycles. The Bertz CT molecular complexity index is 343. The molecule has 2 rings (SSSR count). The van der Waals surface area contributed by atoms with Crippen molar-refractivity contribution in [2.75, 3.05) is 19.8 Å². The maximum Gasteiger partial charge on any atom is 0.161 e. The highest BCUT2D eigenvalue weighted by Gasteiger charge is 2.15. The molecule has 0 aromatic heterocycles. The summed E-state index contributed by atoms with van der Waals surface area (Å²) in [7, 11) is 0. The van der Waals surface area contributed by atoms with Gasteiger partial charge in [0.2, 0.25) is 0 Å². The van der Waals surface area contributed by atoms with Crippen LogP contribution < -0.4 is 4.74 Å². The fraction of sp³-hybridized carbons (Fsp3) is 0.538. The van der Waals surface area contributed by atoms with E-state index in [1.165, 1.54) is 11.1 Å². The summed E-state index contributed by atoms with van der Waals surface area (Å²) < 4.78 is 16.3. The first-order chi connectivity index (χ1) is 7.75. The lowest BCUT2D eigenvalue weighted by molar-refractivity contribution is -0.0531. The Morgan fingerprint density at radius 1 is 1.19 bits per heavy atom. The zero-order chi connectivity index (χ0) is 11.4. The summed E-state index contributed by atoms with van der Waals surface area (Å²) in [5.74, 6) is 0.918. The van der Waals surface area contributed by atoms with Gasteiger partial charge in [-0.05, 0) is 37.1 Å². The summed E-state index contributed by atoms with van der Waals surface area (Å²) >= 11 is 0. The molecule has 16 heavy (non-hydrogen) atoms. The van der Waals surface area contributed by atoms with Gasteiger partial charge >= 0.3 is 0 Å². The maximum atomic E-state index is 5.64. The van der Waals surface area contributed by atoms with Crippen molar-refractivity contribution in [2.24, 2.45) is 0 Å². The Hall–Kier alpha value is -1.06. The molecule has 0 amide bonds. The number of rotatable bonds is 4. The zero-order valence-electron chi connectivity index (χ0n) is 9.86. The first-order valence-corrected chi connectivity index (χ1v) is 5.69. The van der Waals surface area contributed by atoms with E-state index < -0.39 is 0 Å². The summed E-state index contributed by atoms with van der Waals surface area (Å²) in [5.41, 5.74) is 2.54. The van der Waals surface area contributed by atoms with E-state index in [2.05, 4.69) is 26.0 Å². The molecule has 1 heterocycles. The highest BCUT2D eigenvalue weighted by molar-refractivity contribution is 5.33. The Morgan fingerprint density at radius 3 is 2.62 bits per heavy atom. The van der Waals surface area contributed by atoms with Crippen molar-refractivity contribution in [3.63, 3.8) is 0 Å². The fourth-order valence-electron chi connectivity index (χ4n) is 1.65. The van der Waals surface area contributed by atoms with Gasteiger partial charge in [0.25, 0.3) is 0 Å². The van der Waals surface area contributed by atoms with Crippen molar-refractivity contribution in [3.8, 4) is 5.75 Å². The van der Waals surface area contributed by atoms with Crippen molar-refractivity contribution in [1.29, 1.82) is 0 Å². The van der Waals surface area contributed by atoms with Crippen molar-refractivity contribution < 1.29 is 14.2 Å². The molecular weight excluding hydrogens is 204 g/mol. The molecule has 1 fully saturated rings. The Kier molecular flexibility index (Phi) is 3.80. The third kappa shape index (κ3) is 2.97. The number of hydrogen-bond donors (Lipinski definition) is 0. The molecule has 0 radical (unpaired) electrons. The van der Waals surface area contributed by atoms with Crippen LogP contribution in [0.25, 0.3) is 0 Å². The second kappa shape index (κ2) is 5.32. The largest absolute Gasteiger partial charge is 0.493 e. The molecule has 0 aliphatic carbocycles. The molecular formula is C13H18O3. The minimum Gasteiger partial charge on any atom is -0.493 e. The first-order valence-electron chi connectivity index (χ1n) is 5.69. The monoisotopic (exact) mass is 222 g/mol. The lowest BCUT2D eigenvalue weighted by atomic mass is 10.1. The standard InChI is InChI=1S/C13H18O3/c1-10-3-4-12(9-11(10)2)14-6-5-13-15-7-8-16-13/h3-4,9,13H,5-8H2,1-2H3. The summed E-state index contributed by atoms with van der Waals surface area (Å²) in [6.45, 7) is 6.22. The van der Waals surface area contributed by atoms with E-state index in [0.29, 0.717) is 19.8 Å². The van der Waals surface area contributed by atoms with E-state index in [4.69, 9.17) is 14.2 Å². The summed E-state index contributed by atoms with van der Waals surface area (Å²) in [4.78, 5) is 0. The van der Waals surface area contributed by atoms with Gasteiger partial charge in [-0.15, -0.1) is 0 Å². The van der Waals surface area contributed by atoms with Crippen LogP contribution in [-0.4, -0.2) is 26.1 Å². The molecule has 0 atom stereocenters. The Labute approximate surface area is 96.3 Å². The number of hydrogen-bond acceptors (Lipinski definition) is 3. The summed E-state index contributed by atoms with van der Waals surface area (Å²) in [5, 5.41) is 0. The quantitative estimate of drug-likeness (QED) is 0.783. The highest BCUT2D eigenvalue weighted by atomic mass is 16.7. The van der Waals surface area contributed by atoms with Gasteiger partial charge in [-0.3, -0.25) is 0 Å². The molecule has 0 bridgehead atoms. The van der Waals surface area contributed by atoms with Crippen LogP contribution in [0, 0.1) is 13.8 Å². The number of benzene rings is 1. The predicted molar refractivity (Wildman–Crippen MR) is 61.7 cm³/mol. The van der Waals surface area contributed by atoms with E-state index in [1.807, 2.05) is 6.07 Å². The second-order valence-electron chi connectivity index (χ2n) is 4.05. The maximum absolute atomic E-state index is 5.64. The lowest BCUT2D eigenvalue weighted by Crippen LogP contribution is -2.12. The average molecular weight is 222 g/mol. The molecule has 0 spiro atoms. The Morgan fingerprint density at radius 2 is 1.94 bits per heavy atom. The molecule has 0 unspecified atom stereocenters. The van der Waals surface area contributed by atoms with Crippen LogP contribution in [0.4, 0.5) is 0 Å². The van der Waals surface area contributed by atoms with E-state index in [0.717, 1.165) is 12.2 Å². The number of ether oxygens (including phenoxy) is 3. The van der Waals surface area contributed by atoms with E-state index in [9.17, 15) is 0 Å². The van der Waals surface area contributed by atoms with Crippen LogP contribution in [-0.2, 0) is 9.47 Å². The smallest absolute Gasteiger partial charge is 0.161 e. The van der Waals surface area contributed by atoms with Gasteiger partial charge in [0.1, 0.15) is 5.75 Å². The van der Waals surface area contributed by atoms with Gasteiger partial charge in [0.05, 0.1) is 19.8 Å². The minimum absolute atomic E-state index is 0.0773. The number of aryl methyl sites for hydroxylation is 2. The normalized spacial score (nSPS) is 16.6. The Balaban J connectivity index is 1.78. The van der Waals surface area contributed by atoms with Gasteiger partial charge in [0, 0.05) is 6.42 Å². The van der Waals surface area contributed by atoms with Crippen LogP contribution in [0.5, 0.6) is 5.75 Å². The van der Waals surface area contributed by atoms with E-state index >= 15 is 0 Å². The van der Waals surface area contributed by atoms with Crippen molar-refractivity contribution in [2.45, 2.75) is 26.6 Å². The molecule has 1 aliphatic heterocycles. The molecule has 88 valence electrons. The minimum atomic E-state index is -0.0773. The third-order valence-electron chi connectivity index (χ3n) is 2.79. The van der Waals surface area contributed by atoms with Crippen molar-refractivity contribution >= 4 is 0 Å². The molecule has 0 N–H and O–H groups in total. The van der Waals surface area contributed by atoms with Crippen LogP contribution in [0.15, 0.2) is 18.2 Å². The molecule has 3 heteroatoms. The van der Waals surface area contributed by atoms with Crippen LogP contribution in [0.3, 0.4) is 0 Å². The van der Waals surface area contributed by atoms with Gasteiger partial charge in [-0.1, -0.05) is 6.07 Å². The average Bonchev–Trinajstić information content (AvgIpc) is 2.76.